The van der Waals surface area contributed by atoms with Crippen molar-refractivity contribution in [2.24, 2.45) is 5.92 Å². The summed E-state index contributed by atoms with van der Waals surface area (Å²) in [4.78, 5) is 36.6. The first kappa shape index (κ1) is 21.5. The summed E-state index contributed by atoms with van der Waals surface area (Å²) in [6.45, 7) is 5.46. The molecule has 0 saturated heterocycles. The van der Waals surface area contributed by atoms with Crippen molar-refractivity contribution in [2.45, 2.75) is 46.0 Å². The smallest absolute Gasteiger partial charge is 0.416 e. The summed E-state index contributed by atoms with van der Waals surface area (Å²) in [5, 5.41) is 11.5. The lowest BCUT2D eigenvalue weighted by molar-refractivity contribution is -0.139. The van der Waals surface area contributed by atoms with Crippen LogP contribution < -0.4 is 10.7 Å². The fourth-order valence-corrected chi connectivity index (χ4v) is 2.92. The van der Waals surface area contributed by atoms with Crippen LogP contribution >= 0.6 is 0 Å². The Hall–Kier alpha value is -2.84. The Balaban J connectivity index is 2.54. The van der Waals surface area contributed by atoms with Gasteiger partial charge in [0.25, 0.3) is 5.91 Å². The number of nitrogens with one attached hydrogen (secondary N) is 1. The lowest BCUT2D eigenvalue weighted by atomic mass is 10.0. The molecule has 0 aliphatic heterocycles. The highest BCUT2D eigenvalue weighted by Crippen LogP contribution is 2.31. The van der Waals surface area contributed by atoms with Crippen LogP contribution in [0.25, 0.3) is 10.9 Å². The summed E-state index contributed by atoms with van der Waals surface area (Å²) in [6, 6.07) is 1.50. The monoisotopic (exact) mass is 398 g/mol. The summed E-state index contributed by atoms with van der Waals surface area (Å²) < 4.78 is 40.3. The zero-order chi connectivity index (χ0) is 21.2. The molecule has 0 radical (unpaired) electrons. The average molecular weight is 398 g/mol. The van der Waals surface area contributed by atoms with Crippen LogP contribution in [0, 0.1) is 5.92 Å². The summed E-state index contributed by atoms with van der Waals surface area (Å²) >= 11 is 0. The Kier molecular flexibility index (Phi) is 6.16. The minimum atomic E-state index is -4.57. The molecule has 1 amide bonds. The molecule has 0 bridgehead atoms. The van der Waals surface area contributed by atoms with E-state index in [4.69, 9.17) is 0 Å². The Labute approximate surface area is 159 Å². The van der Waals surface area contributed by atoms with E-state index in [1.54, 1.807) is 20.8 Å². The Morgan fingerprint density at radius 2 is 1.89 bits per heavy atom. The SMILES string of the molecule is CCn1cc(C(=O)N[C@@H](CC(C)C)C(=O)O)c(=O)c2ccc(C(F)(F)F)cc21. The van der Waals surface area contributed by atoms with Gasteiger partial charge in [-0.2, -0.15) is 13.2 Å². The van der Waals surface area contributed by atoms with E-state index >= 15 is 0 Å². The second-order valence-corrected chi connectivity index (χ2v) is 6.88. The third-order valence-electron chi connectivity index (χ3n) is 4.30. The van der Waals surface area contributed by atoms with E-state index in [-0.39, 0.29) is 35.3 Å². The van der Waals surface area contributed by atoms with Crippen LogP contribution in [-0.2, 0) is 17.5 Å². The number of carboxylic acid groups (broad SMARTS) is 1. The molecule has 2 rings (SSSR count). The molecule has 1 aromatic carbocycles. The maximum Gasteiger partial charge on any atom is 0.416 e. The number of nitrogens with zero attached hydrogens (tertiary/aromatic N) is 1. The highest BCUT2D eigenvalue weighted by Gasteiger charge is 2.31. The molecular weight excluding hydrogens is 377 g/mol. The number of alkyl halides is 3. The number of rotatable bonds is 6. The van der Waals surface area contributed by atoms with Gasteiger partial charge in [0, 0.05) is 18.1 Å². The van der Waals surface area contributed by atoms with Crippen LogP contribution in [-0.4, -0.2) is 27.6 Å². The standard InChI is InChI=1S/C19H21F3N2O4/c1-4-24-9-13(17(26)23-14(18(27)28)7-10(2)3)16(25)12-6-5-11(8-15(12)24)19(20,21)22/h5-6,8-10,14H,4,7H2,1-3H3,(H,23,26)(H,27,28)/t14-/m0/s1. The number of amides is 1. The van der Waals surface area contributed by atoms with Gasteiger partial charge in [-0.25, -0.2) is 4.79 Å². The number of halogens is 3. The molecular formula is C19H21F3N2O4. The summed E-state index contributed by atoms with van der Waals surface area (Å²) in [6.07, 6.45) is -3.23. The van der Waals surface area contributed by atoms with E-state index in [1.165, 1.54) is 4.57 Å². The lowest BCUT2D eigenvalue weighted by Crippen LogP contribution is -2.43. The number of carbonyl (C=O) groups is 2. The van der Waals surface area contributed by atoms with Gasteiger partial charge in [0.1, 0.15) is 11.6 Å². The van der Waals surface area contributed by atoms with E-state index in [9.17, 15) is 32.7 Å². The number of benzene rings is 1. The molecule has 1 atom stereocenters. The van der Waals surface area contributed by atoms with E-state index in [1.807, 2.05) is 0 Å². The van der Waals surface area contributed by atoms with Crippen LogP contribution in [0.4, 0.5) is 13.2 Å². The van der Waals surface area contributed by atoms with Crippen LogP contribution in [0.2, 0.25) is 0 Å². The molecule has 0 spiro atoms. The molecule has 0 unspecified atom stereocenters. The fourth-order valence-electron chi connectivity index (χ4n) is 2.92. The van der Waals surface area contributed by atoms with Gasteiger partial charge in [-0.3, -0.25) is 9.59 Å². The maximum absolute atomic E-state index is 13.0. The maximum atomic E-state index is 13.0. The van der Waals surface area contributed by atoms with Crippen molar-refractivity contribution in [3.8, 4) is 0 Å². The number of carbonyl (C=O) groups excluding carboxylic acids is 1. The number of fused-ring (bicyclic) bond motifs is 1. The van der Waals surface area contributed by atoms with Crippen molar-refractivity contribution in [3.63, 3.8) is 0 Å². The highest BCUT2D eigenvalue weighted by molar-refractivity contribution is 5.99. The fraction of sp³-hybridized carbons (Fsp3) is 0.421. The van der Waals surface area contributed by atoms with E-state index < -0.39 is 35.1 Å². The first-order valence-electron chi connectivity index (χ1n) is 8.73. The van der Waals surface area contributed by atoms with Crippen LogP contribution in [0.3, 0.4) is 0 Å². The highest BCUT2D eigenvalue weighted by atomic mass is 19.4. The van der Waals surface area contributed by atoms with Crippen molar-refractivity contribution >= 4 is 22.8 Å². The predicted molar refractivity (Wildman–Crippen MR) is 97.2 cm³/mol. The van der Waals surface area contributed by atoms with Crippen LogP contribution in [0.1, 0.15) is 43.1 Å². The number of hydrogen-bond donors (Lipinski definition) is 2. The van der Waals surface area contributed by atoms with Gasteiger partial charge in [-0.05, 0) is 37.5 Å². The molecule has 0 saturated carbocycles. The second-order valence-electron chi connectivity index (χ2n) is 6.88. The Morgan fingerprint density at radius 1 is 1.25 bits per heavy atom. The zero-order valence-corrected chi connectivity index (χ0v) is 15.6. The molecule has 0 aliphatic rings. The molecule has 9 heteroatoms. The van der Waals surface area contributed by atoms with Gasteiger partial charge >= 0.3 is 12.1 Å². The molecule has 0 aliphatic carbocycles. The Bertz CT molecular complexity index is 964. The van der Waals surface area contributed by atoms with Crippen LogP contribution in [0.5, 0.6) is 0 Å². The average Bonchev–Trinajstić information content (AvgIpc) is 2.59. The number of aliphatic carboxylic acids is 1. The number of aryl methyl sites for hydroxylation is 1. The minimum Gasteiger partial charge on any atom is -0.480 e. The Morgan fingerprint density at radius 3 is 2.39 bits per heavy atom. The zero-order valence-electron chi connectivity index (χ0n) is 15.6. The summed E-state index contributed by atoms with van der Waals surface area (Å²) in [7, 11) is 0. The molecule has 1 heterocycles. The lowest BCUT2D eigenvalue weighted by Gasteiger charge is -2.18. The predicted octanol–water partition coefficient (Wildman–Crippen LogP) is 3.27. The van der Waals surface area contributed by atoms with Gasteiger partial charge < -0.3 is 15.0 Å². The van der Waals surface area contributed by atoms with Crippen molar-refractivity contribution in [2.75, 3.05) is 0 Å². The molecule has 2 N–H and O–H groups in total. The number of aromatic nitrogens is 1. The van der Waals surface area contributed by atoms with Gasteiger partial charge in [-0.1, -0.05) is 13.8 Å². The first-order valence-corrected chi connectivity index (χ1v) is 8.73. The third-order valence-corrected chi connectivity index (χ3v) is 4.30. The van der Waals surface area contributed by atoms with Gasteiger partial charge in [0.05, 0.1) is 11.1 Å². The van der Waals surface area contributed by atoms with E-state index in [2.05, 4.69) is 5.32 Å². The normalized spacial score (nSPS) is 13.0. The molecule has 6 nitrogen and oxygen atoms in total. The topological polar surface area (TPSA) is 88.4 Å². The van der Waals surface area contributed by atoms with Gasteiger partial charge in [0.2, 0.25) is 5.43 Å². The van der Waals surface area contributed by atoms with Crippen molar-refractivity contribution in [1.82, 2.24) is 9.88 Å². The third kappa shape index (κ3) is 4.52. The quantitative estimate of drug-likeness (QED) is 0.782. The molecule has 28 heavy (non-hydrogen) atoms. The number of pyridine rings is 1. The summed E-state index contributed by atoms with van der Waals surface area (Å²) in [5.74, 6) is -2.11. The number of hydrogen-bond acceptors (Lipinski definition) is 3. The molecule has 152 valence electrons. The van der Waals surface area contributed by atoms with Gasteiger partial charge in [0.15, 0.2) is 0 Å². The summed E-state index contributed by atoms with van der Waals surface area (Å²) in [5.41, 5.74) is -1.92. The largest absolute Gasteiger partial charge is 0.480 e. The minimum absolute atomic E-state index is 0.00825. The van der Waals surface area contributed by atoms with E-state index in [0.29, 0.717) is 0 Å². The molecule has 1 aromatic heterocycles. The van der Waals surface area contributed by atoms with Crippen molar-refractivity contribution < 1.29 is 27.9 Å². The van der Waals surface area contributed by atoms with Gasteiger partial charge in [-0.15, -0.1) is 0 Å². The first-order chi connectivity index (χ1) is 13.0. The van der Waals surface area contributed by atoms with Crippen molar-refractivity contribution in [3.05, 3.63) is 45.7 Å². The van der Waals surface area contributed by atoms with E-state index in [0.717, 1.165) is 24.4 Å². The van der Waals surface area contributed by atoms with Crippen LogP contribution in [0.15, 0.2) is 29.2 Å². The molecule has 2 aromatic rings. The second kappa shape index (κ2) is 8.04. The molecule has 0 fully saturated rings. The number of carboxylic acids is 1. The van der Waals surface area contributed by atoms with Crippen molar-refractivity contribution in [1.29, 1.82) is 0 Å².